The van der Waals surface area contributed by atoms with E-state index in [1.165, 1.54) is 6.20 Å². The first-order valence-electron chi connectivity index (χ1n) is 11.5. The molecule has 1 aliphatic carbocycles. The summed E-state index contributed by atoms with van der Waals surface area (Å²) >= 11 is 0. The van der Waals surface area contributed by atoms with Crippen LogP contribution in [0.2, 0.25) is 0 Å². The van der Waals surface area contributed by atoms with Gasteiger partial charge in [-0.3, -0.25) is 9.59 Å². The second-order valence-corrected chi connectivity index (χ2v) is 8.60. The number of ether oxygens (including phenoxy) is 2. The van der Waals surface area contributed by atoms with E-state index in [0.717, 1.165) is 25.7 Å². The van der Waals surface area contributed by atoms with E-state index in [9.17, 15) is 9.59 Å². The van der Waals surface area contributed by atoms with Crippen LogP contribution in [-0.2, 0) is 9.47 Å². The number of carbonyl (C=O) groups excluding carboxylic acids is 1. The van der Waals surface area contributed by atoms with Crippen molar-refractivity contribution in [3.8, 4) is 0 Å². The van der Waals surface area contributed by atoms with Crippen LogP contribution in [0.25, 0.3) is 5.65 Å². The number of aromatic nitrogens is 4. The maximum atomic E-state index is 13.2. The summed E-state index contributed by atoms with van der Waals surface area (Å²) in [6.07, 6.45) is 6.75. The van der Waals surface area contributed by atoms with Gasteiger partial charge in [-0.25, -0.2) is 4.98 Å². The number of nitrogens with one attached hydrogen (secondary N) is 3. The van der Waals surface area contributed by atoms with Gasteiger partial charge in [0.05, 0.1) is 18.3 Å². The Bertz CT molecular complexity index is 1250. The third-order valence-corrected chi connectivity index (χ3v) is 6.62. The summed E-state index contributed by atoms with van der Waals surface area (Å²) in [5.41, 5.74) is 1.04. The smallest absolute Gasteiger partial charge is 0.274 e. The van der Waals surface area contributed by atoms with Crippen molar-refractivity contribution in [2.24, 2.45) is 0 Å². The largest absolute Gasteiger partial charge is 0.381 e. The number of rotatable bonds is 7. The summed E-state index contributed by atoms with van der Waals surface area (Å²) in [7, 11) is 3.41. The first kappa shape index (κ1) is 22.4. The lowest BCUT2D eigenvalue weighted by molar-refractivity contribution is 0.00732. The van der Waals surface area contributed by atoms with Crippen molar-refractivity contribution < 1.29 is 14.3 Å². The van der Waals surface area contributed by atoms with E-state index in [4.69, 9.17) is 9.47 Å². The summed E-state index contributed by atoms with van der Waals surface area (Å²) in [5, 5.41) is 13.6. The van der Waals surface area contributed by atoms with Gasteiger partial charge < -0.3 is 30.0 Å². The van der Waals surface area contributed by atoms with Gasteiger partial charge in [-0.1, -0.05) is 0 Å². The van der Waals surface area contributed by atoms with E-state index >= 15 is 0 Å². The molecule has 11 heteroatoms. The van der Waals surface area contributed by atoms with E-state index in [-0.39, 0.29) is 29.7 Å². The van der Waals surface area contributed by atoms with Gasteiger partial charge in [-0.2, -0.15) is 9.61 Å². The number of carbonyl (C=O) groups is 1. The Morgan fingerprint density at radius 1 is 1.24 bits per heavy atom. The van der Waals surface area contributed by atoms with Gasteiger partial charge in [-0.05, 0) is 37.8 Å². The van der Waals surface area contributed by atoms with Crippen LogP contribution in [0.1, 0.15) is 42.1 Å². The average molecular weight is 468 g/mol. The Kier molecular flexibility index (Phi) is 6.20. The number of nitrogens with zero attached hydrogens (tertiary/aromatic N) is 4. The number of hydrogen-bond acceptors (Lipinski definition) is 8. The van der Waals surface area contributed by atoms with Crippen LogP contribution in [0.3, 0.4) is 0 Å². The molecule has 5 rings (SSSR count). The Labute approximate surface area is 196 Å². The fraction of sp³-hybridized carbons (Fsp3) is 0.478. The second-order valence-electron chi connectivity index (χ2n) is 8.60. The molecule has 1 saturated carbocycles. The molecule has 0 spiro atoms. The zero-order valence-corrected chi connectivity index (χ0v) is 19.3. The molecule has 11 nitrogen and oxygen atoms in total. The van der Waals surface area contributed by atoms with Gasteiger partial charge in [0, 0.05) is 45.7 Å². The van der Waals surface area contributed by atoms with Gasteiger partial charge in [0.1, 0.15) is 22.9 Å². The van der Waals surface area contributed by atoms with E-state index in [2.05, 4.69) is 26.0 Å². The zero-order chi connectivity index (χ0) is 23.7. The van der Waals surface area contributed by atoms with E-state index < -0.39 is 0 Å². The summed E-state index contributed by atoms with van der Waals surface area (Å²) in [4.78, 5) is 30.7. The number of hydrogen-bond donors (Lipinski definition) is 3. The average Bonchev–Trinajstić information content (AvgIpc) is 3.27. The van der Waals surface area contributed by atoms with Crippen molar-refractivity contribution in [1.82, 2.24) is 24.5 Å². The second kappa shape index (κ2) is 9.43. The molecule has 0 bridgehead atoms. The molecule has 34 heavy (non-hydrogen) atoms. The minimum atomic E-state index is -0.255. The Morgan fingerprint density at radius 3 is 2.76 bits per heavy atom. The Balaban J connectivity index is 1.44. The SMILES string of the molecule is CNc1cc(Nc2cccn(C3CCOCC3)c2=O)nc2c(C(=O)N[C@@H]3CC[C@H]3OC)cnn12. The van der Waals surface area contributed by atoms with Crippen LogP contribution >= 0.6 is 0 Å². The number of anilines is 3. The van der Waals surface area contributed by atoms with E-state index in [1.54, 1.807) is 35.4 Å². The van der Waals surface area contributed by atoms with Crippen LogP contribution in [0.5, 0.6) is 0 Å². The summed E-state index contributed by atoms with van der Waals surface area (Å²) < 4.78 is 14.1. The molecule has 3 aromatic heterocycles. The van der Waals surface area contributed by atoms with Crippen molar-refractivity contribution in [3.05, 3.63) is 46.5 Å². The normalized spacial score (nSPS) is 20.6. The fourth-order valence-electron chi connectivity index (χ4n) is 4.52. The molecule has 2 fully saturated rings. The molecule has 3 N–H and O–H groups in total. The van der Waals surface area contributed by atoms with Gasteiger partial charge >= 0.3 is 0 Å². The molecule has 0 aromatic carbocycles. The van der Waals surface area contributed by atoms with Crippen LogP contribution in [0.4, 0.5) is 17.3 Å². The third kappa shape index (κ3) is 4.12. The van der Waals surface area contributed by atoms with Crippen molar-refractivity contribution in [1.29, 1.82) is 0 Å². The lowest BCUT2D eigenvalue weighted by atomic mass is 9.89. The molecule has 2 atom stereocenters. The van der Waals surface area contributed by atoms with Crippen molar-refractivity contribution >= 4 is 28.9 Å². The fourth-order valence-corrected chi connectivity index (χ4v) is 4.52. The maximum absolute atomic E-state index is 13.2. The molecule has 1 saturated heterocycles. The van der Waals surface area contributed by atoms with Crippen LogP contribution in [0.15, 0.2) is 35.4 Å². The highest BCUT2D eigenvalue weighted by Gasteiger charge is 2.33. The summed E-state index contributed by atoms with van der Waals surface area (Å²) in [5.74, 6) is 0.812. The molecule has 0 radical (unpaired) electrons. The topological polar surface area (TPSA) is 124 Å². The Morgan fingerprint density at radius 2 is 2.06 bits per heavy atom. The highest BCUT2D eigenvalue weighted by Crippen LogP contribution is 2.25. The van der Waals surface area contributed by atoms with Gasteiger partial charge in [0.15, 0.2) is 5.65 Å². The molecule has 3 aromatic rings. The van der Waals surface area contributed by atoms with E-state index in [1.807, 2.05) is 12.3 Å². The van der Waals surface area contributed by atoms with E-state index in [0.29, 0.717) is 41.7 Å². The van der Waals surface area contributed by atoms with Crippen molar-refractivity contribution in [2.75, 3.05) is 38.0 Å². The van der Waals surface area contributed by atoms with Gasteiger partial charge in [0.25, 0.3) is 11.5 Å². The van der Waals surface area contributed by atoms with Crippen LogP contribution in [0, 0.1) is 0 Å². The number of fused-ring (bicyclic) bond motifs is 1. The van der Waals surface area contributed by atoms with Crippen molar-refractivity contribution in [3.63, 3.8) is 0 Å². The molecule has 1 aliphatic heterocycles. The molecule has 1 amide bonds. The molecule has 0 unspecified atom stereocenters. The molecule has 2 aliphatic rings. The Hall–Kier alpha value is -3.44. The van der Waals surface area contributed by atoms with Crippen LogP contribution < -0.4 is 21.5 Å². The lowest BCUT2D eigenvalue weighted by Crippen LogP contribution is -2.51. The predicted octanol–water partition coefficient (Wildman–Crippen LogP) is 1.93. The summed E-state index contributed by atoms with van der Waals surface area (Å²) in [6.45, 7) is 1.30. The first-order chi connectivity index (χ1) is 16.6. The maximum Gasteiger partial charge on any atom is 0.274 e. The highest BCUT2D eigenvalue weighted by atomic mass is 16.5. The highest BCUT2D eigenvalue weighted by molar-refractivity contribution is 6.00. The molecule has 4 heterocycles. The number of methoxy groups -OCH3 is 1. The number of amides is 1. The monoisotopic (exact) mass is 467 g/mol. The minimum Gasteiger partial charge on any atom is -0.381 e. The third-order valence-electron chi connectivity index (χ3n) is 6.62. The van der Waals surface area contributed by atoms with Crippen molar-refractivity contribution in [2.45, 2.75) is 43.9 Å². The quantitative estimate of drug-likeness (QED) is 0.482. The van der Waals surface area contributed by atoms with Gasteiger partial charge in [-0.15, -0.1) is 0 Å². The number of pyridine rings is 1. The molecule has 180 valence electrons. The zero-order valence-electron chi connectivity index (χ0n) is 19.3. The first-order valence-corrected chi connectivity index (χ1v) is 11.5. The van der Waals surface area contributed by atoms with Gasteiger partial charge in [0.2, 0.25) is 0 Å². The minimum absolute atomic E-state index is 0.0227. The summed E-state index contributed by atoms with van der Waals surface area (Å²) in [6, 6.07) is 5.41. The molecular formula is C23H29N7O4. The predicted molar refractivity (Wildman–Crippen MR) is 127 cm³/mol. The van der Waals surface area contributed by atoms with Crippen LogP contribution in [-0.4, -0.2) is 64.6 Å². The lowest BCUT2D eigenvalue weighted by Gasteiger charge is -2.35. The standard InChI is InChI=1S/C23H29N7O4/c1-24-20-12-19(26-17-4-3-9-29(23(17)32)14-7-10-34-11-8-14)28-21-15(13-25-30(20)21)22(31)27-16-5-6-18(16)33-2/h3-4,9,12-14,16,18,24H,5-8,10-11H2,1-2H3,(H,26,28)(H,27,31)/t16-,18-/m1/s1. The molecular weight excluding hydrogens is 438 g/mol.